The van der Waals surface area contributed by atoms with E-state index in [4.69, 9.17) is 9.72 Å². The van der Waals surface area contributed by atoms with E-state index in [1.165, 1.54) is 11.1 Å². The molecule has 0 radical (unpaired) electrons. The average molecular weight is 464 g/mol. The van der Waals surface area contributed by atoms with Crippen molar-refractivity contribution in [1.29, 1.82) is 0 Å². The van der Waals surface area contributed by atoms with Crippen LogP contribution in [0.4, 0.5) is 0 Å². The maximum Gasteiger partial charge on any atom is 0.223 e. The summed E-state index contributed by atoms with van der Waals surface area (Å²) < 4.78 is 8.32. The second kappa shape index (κ2) is 13.8. The lowest BCUT2D eigenvalue weighted by Gasteiger charge is -2.13. The lowest BCUT2D eigenvalue weighted by atomic mass is 10.0. The SMILES string of the molecule is CCc1ccc(OCCCn2c(CCCCCNC(=O)C(CC)CC)nc3ccccc32)cc1. The summed E-state index contributed by atoms with van der Waals surface area (Å²) in [5.41, 5.74) is 3.59. The second-order valence-electron chi connectivity index (χ2n) is 8.98. The molecule has 0 aliphatic heterocycles. The maximum absolute atomic E-state index is 12.1. The number of hydrogen-bond acceptors (Lipinski definition) is 3. The predicted molar refractivity (Wildman–Crippen MR) is 140 cm³/mol. The van der Waals surface area contributed by atoms with Gasteiger partial charge in [-0.15, -0.1) is 0 Å². The number of unbranched alkanes of at least 4 members (excludes halogenated alkanes) is 2. The Morgan fingerprint density at radius 3 is 2.47 bits per heavy atom. The van der Waals surface area contributed by atoms with Crippen LogP contribution in [0.25, 0.3) is 11.0 Å². The highest BCUT2D eigenvalue weighted by Gasteiger charge is 2.13. The minimum atomic E-state index is 0.152. The number of aryl methyl sites for hydroxylation is 3. The van der Waals surface area contributed by atoms with E-state index in [2.05, 4.69) is 79.2 Å². The molecule has 1 amide bonds. The summed E-state index contributed by atoms with van der Waals surface area (Å²) in [5.74, 6) is 2.44. The van der Waals surface area contributed by atoms with Gasteiger partial charge in [-0.3, -0.25) is 4.79 Å². The number of nitrogens with one attached hydrogen (secondary N) is 1. The number of amides is 1. The van der Waals surface area contributed by atoms with Gasteiger partial charge >= 0.3 is 0 Å². The zero-order chi connectivity index (χ0) is 24.2. The molecule has 0 bridgehead atoms. The van der Waals surface area contributed by atoms with Crippen LogP contribution in [0, 0.1) is 5.92 Å². The molecule has 184 valence electrons. The summed E-state index contributed by atoms with van der Waals surface area (Å²) >= 11 is 0. The van der Waals surface area contributed by atoms with E-state index in [0.717, 1.165) is 81.5 Å². The van der Waals surface area contributed by atoms with E-state index in [-0.39, 0.29) is 11.8 Å². The highest BCUT2D eigenvalue weighted by molar-refractivity contribution is 5.78. The van der Waals surface area contributed by atoms with Crippen molar-refractivity contribution in [3.8, 4) is 5.75 Å². The van der Waals surface area contributed by atoms with Gasteiger partial charge in [0.2, 0.25) is 5.91 Å². The van der Waals surface area contributed by atoms with Crippen molar-refractivity contribution in [2.75, 3.05) is 13.2 Å². The number of fused-ring (bicyclic) bond motifs is 1. The molecule has 0 spiro atoms. The number of rotatable bonds is 15. The highest BCUT2D eigenvalue weighted by atomic mass is 16.5. The number of hydrogen-bond donors (Lipinski definition) is 1. The lowest BCUT2D eigenvalue weighted by molar-refractivity contribution is -0.125. The first-order valence-corrected chi connectivity index (χ1v) is 13.1. The third kappa shape index (κ3) is 7.34. The van der Waals surface area contributed by atoms with Gasteiger partial charge in [0.05, 0.1) is 17.6 Å². The van der Waals surface area contributed by atoms with Gasteiger partial charge in [-0.2, -0.15) is 0 Å². The Morgan fingerprint density at radius 2 is 1.74 bits per heavy atom. The van der Waals surface area contributed by atoms with Gasteiger partial charge in [-0.05, 0) is 68.4 Å². The number of aromatic nitrogens is 2. The third-order valence-electron chi connectivity index (χ3n) is 6.59. The monoisotopic (exact) mass is 463 g/mol. The Balaban J connectivity index is 1.46. The van der Waals surface area contributed by atoms with E-state index >= 15 is 0 Å². The van der Waals surface area contributed by atoms with Gasteiger partial charge in [-0.25, -0.2) is 4.98 Å². The van der Waals surface area contributed by atoms with Crippen molar-refractivity contribution in [1.82, 2.24) is 14.9 Å². The summed E-state index contributed by atoms with van der Waals surface area (Å²) in [5, 5.41) is 3.10. The normalized spacial score (nSPS) is 11.3. The third-order valence-corrected chi connectivity index (χ3v) is 6.59. The summed E-state index contributed by atoms with van der Waals surface area (Å²) in [4.78, 5) is 17.0. The van der Waals surface area contributed by atoms with E-state index in [0.29, 0.717) is 6.61 Å². The van der Waals surface area contributed by atoms with Crippen molar-refractivity contribution in [2.24, 2.45) is 5.92 Å². The Kier molecular flexibility index (Phi) is 10.5. The quantitative estimate of drug-likeness (QED) is 0.268. The van der Waals surface area contributed by atoms with Crippen LogP contribution in [-0.4, -0.2) is 28.6 Å². The van der Waals surface area contributed by atoms with Crippen LogP contribution in [0.5, 0.6) is 5.75 Å². The minimum absolute atomic E-state index is 0.152. The molecule has 0 aliphatic carbocycles. The van der Waals surface area contributed by atoms with E-state index in [1.807, 2.05) is 0 Å². The van der Waals surface area contributed by atoms with E-state index in [9.17, 15) is 4.79 Å². The number of benzene rings is 2. The average Bonchev–Trinajstić information content (AvgIpc) is 3.22. The largest absolute Gasteiger partial charge is 0.494 e. The van der Waals surface area contributed by atoms with Crippen LogP contribution in [0.1, 0.15) is 70.7 Å². The second-order valence-corrected chi connectivity index (χ2v) is 8.98. The Labute approximate surface area is 204 Å². The predicted octanol–water partition coefficient (Wildman–Crippen LogP) is 6.33. The highest BCUT2D eigenvalue weighted by Crippen LogP contribution is 2.19. The molecule has 0 saturated carbocycles. The van der Waals surface area contributed by atoms with Crippen LogP contribution in [0.15, 0.2) is 48.5 Å². The first-order chi connectivity index (χ1) is 16.7. The molecule has 2 aromatic carbocycles. The lowest BCUT2D eigenvalue weighted by Crippen LogP contribution is -2.30. The Morgan fingerprint density at radius 1 is 0.971 bits per heavy atom. The molecule has 1 aromatic heterocycles. The van der Waals surface area contributed by atoms with E-state index < -0.39 is 0 Å². The van der Waals surface area contributed by atoms with Crippen molar-refractivity contribution in [2.45, 2.75) is 78.7 Å². The molecule has 5 heteroatoms. The van der Waals surface area contributed by atoms with Gasteiger partial charge in [0.1, 0.15) is 11.6 Å². The van der Waals surface area contributed by atoms with Crippen molar-refractivity contribution < 1.29 is 9.53 Å². The van der Waals surface area contributed by atoms with Crippen molar-refractivity contribution in [3.63, 3.8) is 0 Å². The number of imidazole rings is 1. The molecule has 0 unspecified atom stereocenters. The molecule has 34 heavy (non-hydrogen) atoms. The van der Waals surface area contributed by atoms with Gasteiger partial charge in [0.25, 0.3) is 0 Å². The summed E-state index contributed by atoms with van der Waals surface area (Å²) in [7, 11) is 0. The van der Waals surface area contributed by atoms with Gasteiger partial charge in [-0.1, -0.05) is 51.5 Å². The van der Waals surface area contributed by atoms with Crippen LogP contribution in [0.2, 0.25) is 0 Å². The molecular formula is C29H41N3O2. The smallest absolute Gasteiger partial charge is 0.223 e. The fraction of sp³-hybridized carbons (Fsp3) is 0.517. The standard InChI is InChI=1S/C29H41N3O2/c1-4-23-16-18-25(19-17-23)34-22-12-21-32-27-14-10-9-13-26(27)31-28(32)15-8-7-11-20-30-29(33)24(5-2)6-3/h9-10,13-14,16-19,24H,4-8,11-12,15,20-22H2,1-3H3,(H,30,33). The molecular weight excluding hydrogens is 422 g/mol. The molecule has 1 N–H and O–H groups in total. The maximum atomic E-state index is 12.1. The zero-order valence-electron chi connectivity index (χ0n) is 21.2. The van der Waals surface area contributed by atoms with Gasteiger partial charge in [0.15, 0.2) is 0 Å². The summed E-state index contributed by atoms with van der Waals surface area (Å²) in [6, 6.07) is 16.8. The molecule has 1 heterocycles. The zero-order valence-corrected chi connectivity index (χ0v) is 21.2. The van der Waals surface area contributed by atoms with Gasteiger partial charge in [0, 0.05) is 25.4 Å². The Bertz CT molecular complexity index is 1010. The molecule has 0 atom stereocenters. The summed E-state index contributed by atoms with van der Waals surface area (Å²) in [6.07, 6.45) is 7.93. The summed E-state index contributed by atoms with van der Waals surface area (Å²) in [6.45, 7) is 8.67. The molecule has 3 rings (SSSR count). The fourth-order valence-corrected chi connectivity index (χ4v) is 4.40. The molecule has 3 aromatic rings. The van der Waals surface area contributed by atoms with Crippen molar-refractivity contribution >= 4 is 16.9 Å². The van der Waals surface area contributed by atoms with Crippen LogP contribution < -0.4 is 10.1 Å². The number of carbonyl (C=O) groups excluding carboxylic acids is 1. The topological polar surface area (TPSA) is 56.1 Å². The first-order valence-electron chi connectivity index (χ1n) is 13.1. The fourth-order valence-electron chi connectivity index (χ4n) is 4.40. The van der Waals surface area contributed by atoms with Crippen LogP contribution in [0.3, 0.4) is 0 Å². The van der Waals surface area contributed by atoms with Crippen LogP contribution in [-0.2, 0) is 24.2 Å². The number of ether oxygens (including phenoxy) is 1. The van der Waals surface area contributed by atoms with Crippen LogP contribution >= 0.6 is 0 Å². The molecule has 0 aliphatic rings. The first kappa shape index (κ1) is 25.8. The molecule has 0 saturated heterocycles. The van der Waals surface area contributed by atoms with Gasteiger partial charge < -0.3 is 14.6 Å². The number of para-hydroxylation sites is 2. The number of carbonyl (C=O) groups is 1. The molecule has 0 fully saturated rings. The van der Waals surface area contributed by atoms with E-state index in [1.54, 1.807) is 0 Å². The number of nitrogens with zero attached hydrogens (tertiary/aromatic N) is 2. The van der Waals surface area contributed by atoms with Crippen molar-refractivity contribution in [3.05, 3.63) is 59.9 Å². The Hall–Kier alpha value is -2.82. The molecule has 5 nitrogen and oxygen atoms in total. The minimum Gasteiger partial charge on any atom is -0.494 e.